The second kappa shape index (κ2) is 4.04. The minimum Gasteiger partial charge on any atom is -0.479 e. The summed E-state index contributed by atoms with van der Waals surface area (Å²) in [5.74, 6) is 2.84. The molecular weight excluding hydrogens is 164 g/mol. The summed E-state index contributed by atoms with van der Waals surface area (Å²) in [6.45, 7) is 0.177. The van der Waals surface area contributed by atoms with Crippen LogP contribution in [-0.4, -0.2) is 6.61 Å². The molecule has 0 aliphatic heterocycles. The highest BCUT2D eigenvalue weighted by molar-refractivity contribution is 5.56. The Morgan fingerprint density at radius 1 is 1.54 bits per heavy atom. The predicted molar refractivity (Wildman–Crippen MR) is 49.9 cm³/mol. The normalized spacial score (nSPS) is 8.46. The van der Waals surface area contributed by atoms with Gasteiger partial charge in [0, 0.05) is 0 Å². The summed E-state index contributed by atoms with van der Waals surface area (Å²) >= 11 is 0. The zero-order valence-corrected chi connectivity index (χ0v) is 6.95. The largest absolute Gasteiger partial charge is 0.479 e. The number of ether oxygens (including phenoxy) is 1. The summed E-state index contributed by atoms with van der Waals surface area (Å²) in [7, 11) is 0. The van der Waals surface area contributed by atoms with Crippen molar-refractivity contribution in [1.82, 2.24) is 0 Å². The lowest BCUT2D eigenvalue weighted by atomic mass is 10.2. The standard InChI is InChI=1S/C10H8N2O/c1-2-5-13-10-4-3-8(7-11)6-9(10)12/h1,3-4,6H,5,12H2. The van der Waals surface area contributed by atoms with Crippen molar-refractivity contribution in [3.05, 3.63) is 23.8 Å². The Morgan fingerprint density at radius 3 is 2.85 bits per heavy atom. The molecule has 0 amide bonds. The molecule has 0 spiro atoms. The van der Waals surface area contributed by atoms with Gasteiger partial charge in [-0.1, -0.05) is 5.92 Å². The molecule has 0 saturated carbocycles. The maximum atomic E-state index is 8.55. The number of nitriles is 1. The van der Waals surface area contributed by atoms with E-state index in [1.54, 1.807) is 18.2 Å². The van der Waals surface area contributed by atoms with E-state index in [1.807, 2.05) is 6.07 Å². The Kier molecular flexibility index (Phi) is 2.78. The molecule has 3 nitrogen and oxygen atoms in total. The Labute approximate surface area is 76.7 Å². The lowest BCUT2D eigenvalue weighted by Crippen LogP contribution is -1.98. The Bertz CT molecular complexity index is 385. The van der Waals surface area contributed by atoms with Crippen molar-refractivity contribution in [2.45, 2.75) is 0 Å². The van der Waals surface area contributed by atoms with E-state index in [9.17, 15) is 0 Å². The number of benzene rings is 1. The summed E-state index contributed by atoms with van der Waals surface area (Å²) in [6.07, 6.45) is 5.01. The van der Waals surface area contributed by atoms with Crippen molar-refractivity contribution in [2.75, 3.05) is 12.3 Å². The smallest absolute Gasteiger partial charge is 0.148 e. The van der Waals surface area contributed by atoms with E-state index in [-0.39, 0.29) is 6.61 Å². The van der Waals surface area contributed by atoms with E-state index in [0.29, 0.717) is 17.0 Å². The molecule has 3 heteroatoms. The van der Waals surface area contributed by atoms with Gasteiger partial charge in [-0.05, 0) is 18.2 Å². The van der Waals surface area contributed by atoms with Gasteiger partial charge in [-0.3, -0.25) is 0 Å². The molecule has 2 N–H and O–H groups in total. The van der Waals surface area contributed by atoms with Crippen LogP contribution in [-0.2, 0) is 0 Å². The minimum atomic E-state index is 0.177. The fourth-order valence-electron chi connectivity index (χ4n) is 0.869. The summed E-state index contributed by atoms with van der Waals surface area (Å²) in [5, 5.41) is 8.55. The summed E-state index contributed by atoms with van der Waals surface area (Å²) < 4.78 is 5.11. The zero-order chi connectivity index (χ0) is 9.68. The van der Waals surface area contributed by atoms with E-state index < -0.39 is 0 Å². The van der Waals surface area contributed by atoms with E-state index in [2.05, 4.69) is 5.92 Å². The number of hydrogen-bond donors (Lipinski definition) is 1. The number of hydrogen-bond acceptors (Lipinski definition) is 3. The Balaban J connectivity index is 2.88. The van der Waals surface area contributed by atoms with Crippen LogP contribution in [0.25, 0.3) is 0 Å². The van der Waals surface area contributed by atoms with Crippen LogP contribution in [0, 0.1) is 23.7 Å². The second-order valence-electron chi connectivity index (χ2n) is 2.36. The van der Waals surface area contributed by atoms with Crippen molar-refractivity contribution in [1.29, 1.82) is 5.26 Å². The summed E-state index contributed by atoms with van der Waals surface area (Å²) in [4.78, 5) is 0. The van der Waals surface area contributed by atoms with E-state index in [1.165, 1.54) is 0 Å². The molecule has 0 saturated heterocycles. The molecule has 1 rings (SSSR count). The number of nitrogens with zero attached hydrogens (tertiary/aromatic N) is 1. The average molecular weight is 172 g/mol. The van der Waals surface area contributed by atoms with E-state index >= 15 is 0 Å². The quantitative estimate of drug-likeness (QED) is 0.537. The van der Waals surface area contributed by atoms with Crippen molar-refractivity contribution < 1.29 is 4.74 Å². The first-order valence-electron chi connectivity index (χ1n) is 3.64. The maximum absolute atomic E-state index is 8.55. The first kappa shape index (κ1) is 8.96. The maximum Gasteiger partial charge on any atom is 0.148 e. The first-order chi connectivity index (χ1) is 6.27. The Morgan fingerprint density at radius 2 is 2.31 bits per heavy atom. The fraction of sp³-hybridized carbons (Fsp3) is 0.100. The van der Waals surface area contributed by atoms with Crippen LogP contribution in [0.2, 0.25) is 0 Å². The molecule has 1 aromatic carbocycles. The third kappa shape index (κ3) is 2.15. The minimum absolute atomic E-state index is 0.177. The molecule has 0 atom stereocenters. The summed E-state index contributed by atoms with van der Waals surface area (Å²) in [5.41, 5.74) is 6.52. The van der Waals surface area contributed by atoms with Gasteiger partial charge in [-0.25, -0.2) is 0 Å². The molecule has 0 heterocycles. The molecule has 0 bridgehead atoms. The van der Waals surface area contributed by atoms with Gasteiger partial charge in [0.05, 0.1) is 17.3 Å². The fourth-order valence-corrected chi connectivity index (χ4v) is 0.869. The highest BCUT2D eigenvalue weighted by Crippen LogP contribution is 2.21. The van der Waals surface area contributed by atoms with Crippen LogP contribution in [0.15, 0.2) is 18.2 Å². The molecule has 0 aromatic heterocycles. The van der Waals surface area contributed by atoms with Crippen molar-refractivity contribution >= 4 is 5.69 Å². The van der Waals surface area contributed by atoms with Crippen LogP contribution in [0.3, 0.4) is 0 Å². The molecule has 64 valence electrons. The topological polar surface area (TPSA) is 59.0 Å². The monoisotopic (exact) mass is 172 g/mol. The van der Waals surface area contributed by atoms with Gasteiger partial charge in [0.2, 0.25) is 0 Å². The molecule has 0 unspecified atom stereocenters. The van der Waals surface area contributed by atoms with Crippen LogP contribution in [0.5, 0.6) is 5.75 Å². The van der Waals surface area contributed by atoms with Gasteiger partial charge in [0.25, 0.3) is 0 Å². The lowest BCUT2D eigenvalue weighted by molar-refractivity contribution is 0.372. The Hall–Kier alpha value is -2.13. The molecule has 13 heavy (non-hydrogen) atoms. The van der Waals surface area contributed by atoms with Gasteiger partial charge in [0.15, 0.2) is 0 Å². The molecular formula is C10H8N2O. The predicted octanol–water partition coefficient (Wildman–Crippen LogP) is 1.15. The molecule has 0 fully saturated rings. The van der Waals surface area contributed by atoms with Gasteiger partial charge < -0.3 is 10.5 Å². The third-order valence-corrected chi connectivity index (χ3v) is 1.45. The van der Waals surface area contributed by atoms with Crippen LogP contribution in [0.4, 0.5) is 5.69 Å². The average Bonchev–Trinajstić information content (AvgIpc) is 2.16. The number of nitrogens with two attached hydrogens (primary N) is 1. The van der Waals surface area contributed by atoms with Crippen molar-refractivity contribution in [2.24, 2.45) is 0 Å². The van der Waals surface area contributed by atoms with Crippen LogP contribution >= 0.6 is 0 Å². The van der Waals surface area contributed by atoms with Crippen LogP contribution in [0.1, 0.15) is 5.56 Å². The van der Waals surface area contributed by atoms with Crippen molar-refractivity contribution in [3.63, 3.8) is 0 Å². The number of terminal acetylenes is 1. The van der Waals surface area contributed by atoms with Gasteiger partial charge in [-0.15, -0.1) is 6.42 Å². The van der Waals surface area contributed by atoms with E-state index in [0.717, 1.165) is 0 Å². The molecule has 0 radical (unpaired) electrons. The summed E-state index contributed by atoms with van der Waals surface area (Å²) in [6, 6.07) is 6.78. The zero-order valence-electron chi connectivity index (χ0n) is 6.95. The lowest BCUT2D eigenvalue weighted by Gasteiger charge is -2.05. The number of anilines is 1. The van der Waals surface area contributed by atoms with E-state index in [4.69, 9.17) is 22.2 Å². The van der Waals surface area contributed by atoms with Crippen molar-refractivity contribution in [3.8, 4) is 24.2 Å². The molecule has 1 aromatic rings. The SMILES string of the molecule is C#CCOc1ccc(C#N)cc1N. The van der Waals surface area contributed by atoms with Gasteiger partial charge in [-0.2, -0.15) is 5.26 Å². The second-order valence-corrected chi connectivity index (χ2v) is 2.36. The molecule has 0 aliphatic carbocycles. The van der Waals surface area contributed by atoms with Gasteiger partial charge in [0.1, 0.15) is 12.4 Å². The number of nitrogen functional groups attached to an aromatic ring is 1. The van der Waals surface area contributed by atoms with Crippen LogP contribution < -0.4 is 10.5 Å². The highest BCUT2D eigenvalue weighted by Gasteiger charge is 2.00. The third-order valence-electron chi connectivity index (χ3n) is 1.45. The first-order valence-corrected chi connectivity index (χ1v) is 3.64. The van der Waals surface area contributed by atoms with Gasteiger partial charge >= 0.3 is 0 Å². The highest BCUT2D eigenvalue weighted by atomic mass is 16.5. The number of rotatable bonds is 2. The molecule has 0 aliphatic rings.